The summed E-state index contributed by atoms with van der Waals surface area (Å²) in [6.07, 6.45) is 0.677. The minimum atomic E-state index is -1.01. The van der Waals surface area contributed by atoms with Gasteiger partial charge in [-0.15, -0.1) is 0 Å². The largest absolute Gasteiger partial charge is 0.468 e. The molecule has 0 saturated heterocycles. The fourth-order valence-electron chi connectivity index (χ4n) is 4.30. The van der Waals surface area contributed by atoms with Gasteiger partial charge in [-0.25, -0.2) is 9.18 Å². The summed E-state index contributed by atoms with van der Waals surface area (Å²) < 4.78 is 25.3. The molecule has 31 heavy (non-hydrogen) atoms. The number of benzene rings is 1. The molecular formula is C24H28FNO5. The molecule has 166 valence electrons. The Kier molecular flexibility index (Phi) is 6.62. The van der Waals surface area contributed by atoms with E-state index in [1.807, 2.05) is 6.92 Å². The lowest BCUT2D eigenvalue weighted by atomic mass is 9.69. The molecule has 1 aromatic rings. The van der Waals surface area contributed by atoms with Crippen molar-refractivity contribution in [3.63, 3.8) is 0 Å². The number of methoxy groups -OCH3 is 1. The molecule has 3 rings (SSSR count). The second-order valence-electron chi connectivity index (χ2n) is 8.18. The highest BCUT2D eigenvalue weighted by molar-refractivity contribution is 6.12. The van der Waals surface area contributed by atoms with Gasteiger partial charge in [-0.3, -0.25) is 9.59 Å². The summed E-state index contributed by atoms with van der Waals surface area (Å²) in [5, 5.41) is 3.16. The summed E-state index contributed by atoms with van der Waals surface area (Å²) in [6.45, 7) is 7.18. The van der Waals surface area contributed by atoms with Gasteiger partial charge in [0.25, 0.3) is 0 Å². The van der Waals surface area contributed by atoms with Crippen LogP contribution in [0.4, 0.5) is 4.39 Å². The molecule has 1 aliphatic carbocycles. The first-order valence-corrected chi connectivity index (χ1v) is 10.5. The molecule has 0 aromatic heterocycles. The third kappa shape index (κ3) is 4.13. The lowest BCUT2D eigenvalue weighted by Gasteiger charge is -2.38. The maximum Gasteiger partial charge on any atom is 0.337 e. The third-order valence-electron chi connectivity index (χ3n) is 6.06. The van der Waals surface area contributed by atoms with Crippen LogP contribution in [0.1, 0.15) is 52.0 Å². The Morgan fingerprint density at radius 2 is 1.97 bits per heavy atom. The molecule has 2 aliphatic rings. The number of ether oxygens (including phenoxy) is 2. The van der Waals surface area contributed by atoms with Crippen LogP contribution in [0.15, 0.2) is 46.8 Å². The lowest BCUT2D eigenvalue weighted by Crippen LogP contribution is -2.43. The van der Waals surface area contributed by atoms with Crippen LogP contribution in [0.25, 0.3) is 0 Å². The molecule has 0 fully saturated rings. The van der Waals surface area contributed by atoms with Crippen LogP contribution in [-0.2, 0) is 23.9 Å². The van der Waals surface area contributed by atoms with Crippen molar-refractivity contribution in [2.24, 2.45) is 11.8 Å². The highest BCUT2D eigenvalue weighted by Crippen LogP contribution is 2.46. The first-order chi connectivity index (χ1) is 14.7. The van der Waals surface area contributed by atoms with Crippen LogP contribution in [-0.4, -0.2) is 30.9 Å². The lowest BCUT2D eigenvalue weighted by molar-refractivity contribution is -0.151. The predicted molar refractivity (Wildman–Crippen MR) is 112 cm³/mol. The third-order valence-corrected chi connectivity index (χ3v) is 6.06. The standard InChI is InChI=1S/C24H28FNO5/c1-6-13(3)31-24(29)19-14(4)26-17-11-12(2)18(23(28)30-5)22(27)21(17)20(19)15-9-7-8-10-16(15)25/h7-10,12-13,18,20,26H,6,11H2,1-5H3/t12-,13-,18+,20+/m0/s1. The maximum absolute atomic E-state index is 14.9. The van der Waals surface area contributed by atoms with E-state index in [1.165, 1.54) is 13.2 Å². The van der Waals surface area contributed by atoms with Crippen molar-refractivity contribution in [3.05, 3.63) is 58.2 Å². The van der Waals surface area contributed by atoms with E-state index < -0.39 is 35.4 Å². The topological polar surface area (TPSA) is 81.7 Å². The number of dihydropyridines is 1. The van der Waals surface area contributed by atoms with Gasteiger partial charge in [0.05, 0.1) is 24.7 Å². The van der Waals surface area contributed by atoms with E-state index in [0.29, 0.717) is 24.2 Å². The van der Waals surface area contributed by atoms with Crippen LogP contribution in [0.5, 0.6) is 0 Å². The van der Waals surface area contributed by atoms with E-state index in [-0.39, 0.29) is 28.7 Å². The summed E-state index contributed by atoms with van der Waals surface area (Å²) in [7, 11) is 1.23. The number of rotatable bonds is 5. The molecule has 1 heterocycles. The van der Waals surface area contributed by atoms with Crippen molar-refractivity contribution in [1.29, 1.82) is 0 Å². The molecule has 0 unspecified atom stereocenters. The van der Waals surface area contributed by atoms with Crippen LogP contribution in [0.2, 0.25) is 0 Å². The number of hydrogen-bond acceptors (Lipinski definition) is 6. The summed E-state index contributed by atoms with van der Waals surface area (Å²) in [5.41, 5.74) is 1.70. The minimum absolute atomic E-state index is 0.177. The molecular weight excluding hydrogens is 401 g/mol. The SMILES string of the molecule is CC[C@H](C)OC(=O)C1=C(C)NC2=C(C(=O)[C@H](C(=O)OC)[C@@H](C)C2)[C@@H]1c1ccccc1F. The van der Waals surface area contributed by atoms with Crippen LogP contribution >= 0.6 is 0 Å². The first kappa shape index (κ1) is 22.7. The van der Waals surface area contributed by atoms with Crippen molar-refractivity contribution in [2.45, 2.75) is 52.6 Å². The molecule has 6 nitrogen and oxygen atoms in total. The number of allylic oxidation sites excluding steroid dienone is 3. The number of carbonyl (C=O) groups is 3. The van der Waals surface area contributed by atoms with E-state index in [1.54, 1.807) is 39.0 Å². The smallest absolute Gasteiger partial charge is 0.337 e. The summed E-state index contributed by atoms with van der Waals surface area (Å²) in [6, 6.07) is 6.04. The second-order valence-corrected chi connectivity index (χ2v) is 8.18. The Labute approximate surface area is 181 Å². The van der Waals surface area contributed by atoms with E-state index in [4.69, 9.17) is 9.47 Å². The number of halogens is 1. The van der Waals surface area contributed by atoms with Crippen LogP contribution < -0.4 is 5.32 Å². The Balaban J connectivity index is 2.18. The molecule has 0 amide bonds. The first-order valence-electron chi connectivity index (χ1n) is 10.5. The summed E-state index contributed by atoms with van der Waals surface area (Å²) >= 11 is 0. The van der Waals surface area contributed by atoms with Crippen molar-refractivity contribution >= 4 is 17.7 Å². The predicted octanol–water partition coefficient (Wildman–Crippen LogP) is 3.78. The number of ketones is 1. The molecule has 0 saturated carbocycles. The molecule has 1 aromatic carbocycles. The van der Waals surface area contributed by atoms with Crippen molar-refractivity contribution < 1.29 is 28.2 Å². The zero-order valence-electron chi connectivity index (χ0n) is 18.5. The normalized spacial score (nSPS) is 24.3. The van der Waals surface area contributed by atoms with Crippen LogP contribution in [0, 0.1) is 17.7 Å². The molecule has 1 N–H and O–H groups in total. The number of nitrogens with one attached hydrogen (secondary N) is 1. The highest BCUT2D eigenvalue weighted by Gasteiger charge is 2.47. The van der Waals surface area contributed by atoms with E-state index in [9.17, 15) is 18.8 Å². The van der Waals surface area contributed by atoms with Gasteiger partial charge < -0.3 is 14.8 Å². The van der Waals surface area contributed by atoms with E-state index >= 15 is 0 Å². The van der Waals surface area contributed by atoms with Crippen LogP contribution in [0.3, 0.4) is 0 Å². The number of hydrogen-bond donors (Lipinski definition) is 1. The van der Waals surface area contributed by atoms with Gasteiger partial charge >= 0.3 is 11.9 Å². The number of Topliss-reactive ketones (excluding diaryl/α,β-unsaturated/α-hetero) is 1. The Hall–Kier alpha value is -2.96. The summed E-state index contributed by atoms with van der Waals surface area (Å²) in [5.74, 6) is -4.52. The average molecular weight is 429 g/mol. The van der Waals surface area contributed by atoms with E-state index in [2.05, 4.69) is 5.32 Å². The molecule has 0 radical (unpaired) electrons. The van der Waals surface area contributed by atoms with Gasteiger partial charge in [-0.05, 0) is 38.7 Å². The Morgan fingerprint density at radius 1 is 1.29 bits per heavy atom. The molecule has 7 heteroatoms. The zero-order chi connectivity index (χ0) is 22.9. The Bertz CT molecular complexity index is 980. The zero-order valence-corrected chi connectivity index (χ0v) is 18.5. The van der Waals surface area contributed by atoms with Gasteiger partial charge in [0.15, 0.2) is 5.78 Å². The number of esters is 2. The minimum Gasteiger partial charge on any atom is -0.468 e. The Morgan fingerprint density at radius 3 is 2.58 bits per heavy atom. The van der Waals surface area contributed by atoms with Gasteiger partial charge in [0, 0.05) is 22.5 Å². The maximum atomic E-state index is 14.9. The summed E-state index contributed by atoms with van der Waals surface area (Å²) in [4.78, 5) is 39.0. The van der Waals surface area contributed by atoms with E-state index in [0.717, 1.165) is 0 Å². The average Bonchev–Trinajstić information content (AvgIpc) is 2.72. The monoisotopic (exact) mass is 429 g/mol. The van der Waals surface area contributed by atoms with Crippen molar-refractivity contribution in [3.8, 4) is 0 Å². The van der Waals surface area contributed by atoms with Gasteiger partial charge in [0.2, 0.25) is 0 Å². The molecule has 4 atom stereocenters. The molecule has 0 bridgehead atoms. The second kappa shape index (κ2) is 9.04. The molecule has 1 aliphatic heterocycles. The van der Waals surface area contributed by atoms with Gasteiger partial charge in [0.1, 0.15) is 11.7 Å². The quantitative estimate of drug-likeness (QED) is 0.567. The highest BCUT2D eigenvalue weighted by atomic mass is 19.1. The van der Waals surface area contributed by atoms with Crippen molar-refractivity contribution in [2.75, 3.05) is 7.11 Å². The molecule has 0 spiro atoms. The fraction of sp³-hybridized carbons (Fsp3) is 0.458. The van der Waals surface area contributed by atoms with Gasteiger partial charge in [-0.1, -0.05) is 32.0 Å². The number of carbonyl (C=O) groups excluding carboxylic acids is 3. The fourth-order valence-corrected chi connectivity index (χ4v) is 4.30. The van der Waals surface area contributed by atoms with Crippen molar-refractivity contribution in [1.82, 2.24) is 5.32 Å². The van der Waals surface area contributed by atoms with Gasteiger partial charge in [-0.2, -0.15) is 0 Å².